The summed E-state index contributed by atoms with van der Waals surface area (Å²) in [5.41, 5.74) is 0.906. The Balaban J connectivity index is 0.000000250. The van der Waals surface area contributed by atoms with Gasteiger partial charge in [0.1, 0.15) is 81.7 Å². The van der Waals surface area contributed by atoms with Crippen LogP contribution in [0.1, 0.15) is 109 Å². The molecular formula is C78H98Cl2N8O17. The number of aliphatic carboxylic acids is 1. The standard InChI is InChI=1S/C39H48N4O8.C29H30ClN3O5.C10H19NO4.ClH/c1-9-25-21-39(25,36(46)49-10-2)42-34(44)31-19-27(22-43(31)35(45)33(23(3)4)41-37(47)51-38(5,6)7)50-32-20-29(24-14-12-11-13-15-24)40-30-18-26(48-8)16-17-28(30)32;1-4-19-16-29(19,28(35)37-5-2)32-27(34)25-14-21(17-33(25)30)38-26-15-23(18-9-7-6-8-10-18)31-24-13-20(36-3)11-12-22(24)26;1-6(2)7(8(12)13)11-9(14)15-10(3,4)5;/h9,11-18,20,23,25,27,31,33H,1,10,19,21-22H2,2-8H3,(H,41,47)(H,42,44);4,6-13,15,19,21,25H,1,5,14,16-17H2,2-3H3,(H,32,34);6-7H,1-5H3,(H,11,14)(H,12,13);1H/t25-,27-,31+,33+,39-;19-,21-,25+,29-;7-;/m110./s1. The number of amides is 5. The minimum absolute atomic E-state index is 0. The van der Waals surface area contributed by atoms with Gasteiger partial charge in [-0.25, -0.2) is 38.4 Å². The molecule has 4 aromatic carbocycles. The predicted octanol–water partition coefficient (Wildman–Crippen LogP) is 12.0. The fourth-order valence-electron chi connectivity index (χ4n) is 12.3. The number of methoxy groups -OCH3 is 2. The Morgan fingerprint density at radius 1 is 0.600 bits per heavy atom. The lowest BCUT2D eigenvalue weighted by atomic mass is 10.0. The summed E-state index contributed by atoms with van der Waals surface area (Å²) in [5.74, 6) is -1.92. The zero-order chi connectivity index (χ0) is 76.2. The molecule has 5 N–H and O–H groups in total. The molecule has 0 unspecified atom stereocenters. The first-order chi connectivity index (χ1) is 49.2. The fraction of sp³-hybridized carbons (Fsp3) is 0.462. The van der Waals surface area contributed by atoms with E-state index in [-0.39, 0.29) is 74.3 Å². The van der Waals surface area contributed by atoms with Crippen LogP contribution in [0.2, 0.25) is 0 Å². The van der Waals surface area contributed by atoms with Crippen LogP contribution < -0.4 is 40.2 Å². The van der Waals surface area contributed by atoms with E-state index >= 15 is 0 Å². The summed E-state index contributed by atoms with van der Waals surface area (Å²) in [7, 11) is 3.20. The van der Waals surface area contributed by atoms with Crippen LogP contribution in [0, 0.1) is 23.7 Å². The predicted molar refractivity (Wildman–Crippen MR) is 400 cm³/mol. The van der Waals surface area contributed by atoms with Crippen molar-refractivity contribution in [3.05, 3.63) is 135 Å². The summed E-state index contributed by atoms with van der Waals surface area (Å²) in [4.78, 5) is 113. The number of likely N-dealkylation sites (tertiary alicyclic amines) is 1. The number of carbonyl (C=O) groups is 8. The third-order valence-corrected chi connectivity index (χ3v) is 18.2. The molecule has 25 nitrogen and oxygen atoms in total. The van der Waals surface area contributed by atoms with E-state index in [0.29, 0.717) is 60.0 Å². The van der Waals surface area contributed by atoms with Crippen molar-refractivity contribution >= 4 is 93.8 Å². The molecule has 2 aliphatic heterocycles. The van der Waals surface area contributed by atoms with Gasteiger partial charge in [-0.05, 0) is 116 Å². The van der Waals surface area contributed by atoms with Crippen LogP contribution in [-0.4, -0.2) is 171 Å². The second kappa shape index (κ2) is 35.4. The Hall–Kier alpha value is -9.72. The van der Waals surface area contributed by atoms with Gasteiger partial charge in [0, 0.05) is 70.8 Å². The van der Waals surface area contributed by atoms with Gasteiger partial charge in [-0.3, -0.25) is 14.4 Å². The Bertz CT molecular complexity index is 4120. The lowest BCUT2D eigenvalue weighted by Gasteiger charge is -2.31. The summed E-state index contributed by atoms with van der Waals surface area (Å²) < 4.78 is 46.4. The van der Waals surface area contributed by atoms with Gasteiger partial charge in [0.25, 0.3) is 0 Å². The van der Waals surface area contributed by atoms with Crippen LogP contribution in [0.25, 0.3) is 44.3 Å². The number of nitrogens with one attached hydrogen (secondary N) is 4. The summed E-state index contributed by atoms with van der Waals surface area (Å²) in [6.45, 7) is 29.2. The van der Waals surface area contributed by atoms with E-state index in [9.17, 15) is 38.4 Å². The molecule has 0 radical (unpaired) electrons. The second-order valence-electron chi connectivity index (χ2n) is 28.6. The lowest BCUT2D eigenvalue weighted by Crippen LogP contribution is -2.57. The summed E-state index contributed by atoms with van der Waals surface area (Å²) in [5, 5.41) is 21.2. The number of pyridine rings is 2. The number of halogens is 2. The molecule has 2 aromatic heterocycles. The lowest BCUT2D eigenvalue weighted by molar-refractivity contribution is -0.150. The Morgan fingerprint density at radius 2 is 1.00 bits per heavy atom. The molecule has 27 heteroatoms. The highest BCUT2D eigenvalue weighted by molar-refractivity contribution is 6.15. The van der Waals surface area contributed by atoms with Crippen LogP contribution in [0.3, 0.4) is 0 Å². The maximum Gasteiger partial charge on any atom is 0.408 e. The number of hydrogen-bond acceptors (Lipinski definition) is 19. The van der Waals surface area contributed by atoms with Crippen molar-refractivity contribution in [3.63, 3.8) is 0 Å². The van der Waals surface area contributed by atoms with Crippen LogP contribution in [-0.2, 0) is 47.7 Å². The van der Waals surface area contributed by atoms with Gasteiger partial charge in [-0.1, -0.05) is 101 Å². The molecule has 10 atom stereocenters. The van der Waals surface area contributed by atoms with E-state index in [4.69, 9.17) is 64.7 Å². The molecule has 2 aliphatic carbocycles. The van der Waals surface area contributed by atoms with Crippen molar-refractivity contribution in [2.24, 2.45) is 23.7 Å². The Morgan fingerprint density at radius 3 is 1.37 bits per heavy atom. The monoisotopic (exact) mass is 1490 g/mol. The number of alkyl carbamates (subject to hydrolysis) is 2. The average Bonchev–Trinajstić information content (AvgIpc) is 1.49. The van der Waals surface area contributed by atoms with E-state index in [0.717, 1.165) is 33.1 Å². The SMILES string of the molecule is C=C[C@@H]1C[C@]1(NC(=O)[C@@H]1C[C@@H](Oc2cc(-c3ccccc3)nc3cc(OC)ccc23)CN1C(=O)[C@@H](NC(=O)OC(C)(C)C)C(C)C)C(=O)OCC.C=C[C@@H]1C[C@]1(NC(=O)[C@@H]1C[C@@H](Oc2cc(-c3ccccc3)nc3cc(OC)ccc23)CN1Cl)C(=O)OCC.CC(C)[C@H](NC(=O)OC(C)(C)C)C(=O)O.Cl. The number of fused-ring (bicyclic) bond motifs is 2. The molecular weight excluding hydrogens is 1390 g/mol. The van der Waals surface area contributed by atoms with Crippen molar-refractivity contribution in [1.29, 1.82) is 0 Å². The zero-order valence-corrected chi connectivity index (χ0v) is 63.5. The molecule has 4 heterocycles. The molecule has 4 aliphatic rings. The molecule has 10 rings (SSSR count). The number of carboxylic acids is 1. The topological polar surface area (TPSA) is 311 Å². The molecule has 5 amide bonds. The van der Waals surface area contributed by atoms with Crippen LogP contribution in [0.4, 0.5) is 9.59 Å². The second-order valence-corrected chi connectivity index (χ2v) is 29.0. The van der Waals surface area contributed by atoms with Gasteiger partial charge in [0.15, 0.2) is 0 Å². The van der Waals surface area contributed by atoms with Gasteiger partial charge in [0.2, 0.25) is 17.7 Å². The minimum Gasteiger partial charge on any atom is -0.497 e. The molecule has 0 bridgehead atoms. The van der Waals surface area contributed by atoms with Crippen LogP contribution in [0.5, 0.6) is 23.0 Å². The highest BCUT2D eigenvalue weighted by Crippen LogP contribution is 2.47. The normalized spacial score (nSPS) is 21.4. The first kappa shape index (κ1) is 82.6. The van der Waals surface area contributed by atoms with E-state index in [1.54, 1.807) is 109 Å². The number of hydrogen-bond donors (Lipinski definition) is 5. The van der Waals surface area contributed by atoms with Crippen molar-refractivity contribution in [2.75, 3.05) is 40.5 Å². The number of aromatic nitrogens is 2. The number of esters is 2. The summed E-state index contributed by atoms with van der Waals surface area (Å²) in [6.07, 6.45) is 2.12. The van der Waals surface area contributed by atoms with E-state index in [2.05, 4.69) is 34.4 Å². The number of ether oxygens (including phenoxy) is 8. The first-order valence-corrected chi connectivity index (χ1v) is 35.1. The third kappa shape index (κ3) is 20.8. The zero-order valence-electron chi connectivity index (χ0n) is 61.9. The van der Waals surface area contributed by atoms with Gasteiger partial charge < -0.3 is 69.2 Å². The minimum atomic E-state index is -1.26. The molecule has 6 aromatic rings. The maximum atomic E-state index is 14.3. The molecule has 2 saturated carbocycles. The number of rotatable bonds is 24. The Labute approximate surface area is 624 Å². The highest BCUT2D eigenvalue weighted by Gasteiger charge is 2.63. The van der Waals surface area contributed by atoms with Crippen molar-refractivity contribution in [1.82, 2.24) is 40.6 Å². The van der Waals surface area contributed by atoms with Gasteiger partial charge in [-0.15, -0.1) is 25.6 Å². The van der Waals surface area contributed by atoms with Gasteiger partial charge in [-0.2, -0.15) is 0 Å². The van der Waals surface area contributed by atoms with E-state index in [1.165, 1.54) is 9.32 Å². The summed E-state index contributed by atoms with van der Waals surface area (Å²) in [6, 6.07) is 30.8. The number of nitrogens with zero attached hydrogens (tertiary/aromatic N) is 4. The molecule has 2 saturated heterocycles. The smallest absolute Gasteiger partial charge is 0.408 e. The quantitative estimate of drug-likeness (QED) is 0.0163. The molecule has 105 heavy (non-hydrogen) atoms. The van der Waals surface area contributed by atoms with E-state index in [1.807, 2.05) is 109 Å². The van der Waals surface area contributed by atoms with E-state index < -0.39 is 94.5 Å². The molecule has 566 valence electrons. The van der Waals surface area contributed by atoms with Gasteiger partial charge >= 0.3 is 30.1 Å². The van der Waals surface area contributed by atoms with Gasteiger partial charge in [0.05, 0.1) is 62.9 Å². The molecule has 0 spiro atoms. The van der Waals surface area contributed by atoms with Crippen LogP contribution >= 0.6 is 24.2 Å². The Kier molecular flexibility index (Phi) is 27.8. The third-order valence-electron chi connectivity index (χ3n) is 17.8. The fourth-order valence-corrected chi connectivity index (χ4v) is 12.7. The number of benzene rings is 4. The first-order valence-electron chi connectivity index (χ1n) is 34.8. The highest BCUT2D eigenvalue weighted by atomic mass is 35.5. The largest absolute Gasteiger partial charge is 0.497 e. The van der Waals surface area contributed by atoms with Crippen molar-refractivity contribution in [3.8, 4) is 45.5 Å². The van der Waals surface area contributed by atoms with Crippen molar-refractivity contribution in [2.45, 2.75) is 167 Å². The number of carbonyl (C=O) groups excluding carboxylic acids is 7. The molecule has 4 fully saturated rings. The maximum absolute atomic E-state index is 14.3. The summed E-state index contributed by atoms with van der Waals surface area (Å²) >= 11 is 6.51. The average molecular weight is 1490 g/mol. The van der Waals surface area contributed by atoms with Crippen molar-refractivity contribution < 1.29 is 81.4 Å². The van der Waals surface area contributed by atoms with Crippen LogP contribution in [0.15, 0.2) is 135 Å². The number of carboxylic acid groups (broad SMARTS) is 1.